The summed E-state index contributed by atoms with van der Waals surface area (Å²) in [4.78, 5) is 2.94. The van der Waals surface area contributed by atoms with Crippen molar-refractivity contribution >= 4 is 11.3 Å². The fraction of sp³-hybridized carbons (Fsp3) is 0.444. The number of rotatable bonds is 3. The quantitative estimate of drug-likeness (QED) is 0.866. The van der Waals surface area contributed by atoms with E-state index < -0.39 is 0 Å². The first-order valence-corrected chi connectivity index (χ1v) is 8.17. The second kappa shape index (κ2) is 5.01. The first kappa shape index (κ1) is 13.8. The minimum atomic E-state index is 0.249. The van der Waals surface area contributed by atoms with E-state index in [-0.39, 0.29) is 5.41 Å². The normalized spacial score (nSPS) is 19.3. The number of benzene rings is 1. The molecular formula is C18H23NS. The zero-order valence-corrected chi connectivity index (χ0v) is 13.6. The summed E-state index contributed by atoms with van der Waals surface area (Å²) in [6, 6.07) is 13.9. The second-order valence-electron chi connectivity index (χ2n) is 6.73. The van der Waals surface area contributed by atoms with Crippen LogP contribution < -0.4 is 5.32 Å². The fourth-order valence-corrected chi connectivity index (χ4v) is 4.30. The standard InChI is InChI=1S/C18H23NS/c1-18(2,3)16-10-9-15(20-16)17(19-4)14-11-12-7-5-6-8-13(12)14/h5-10,14,17,19H,11H2,1-4H3. The summed E-state index contributed by atoms with van der Waals surface area (Å²) >= 11 is 1.96. The van der Waals surface area contributed by atoms with Crippen LogP contribution in [-0.2, 0) is 11.8 Å². The Morgan fingerprint density at radius 2 is 1.90 bits per heavy atom. The Hall–Kier alpha value is -1.12. The Balaban J connectivity index is 1.87. The van der Waals surface area contributed by atoms with Crippen LogP contribution in [-0.4, -0.2) is 7.05 Å². The number of nitrogens with one attached hydrogen (secondary N) is 1. The van der Waals surface area contributed by atoms with Crippen molar-refractivity contribution in [2.24, 2.45) is 0 Å². The van der Waals surface area contributed by atoms with Gasteiger partial charge in [-0.3, -0.25) is 0 Å². The SMILES string of the molecule is CNC(c1ccc(C(C)(C)C)s1)C1Cc2ccccc21. The van der Waals surface area contributed by atoms with Gasteiger partial charge in [0.2, 0.25) is 0 Å². The van der Waals surface area contributed by atoms with E-state index >= 15 is 0 Å². The highest BCUT2D eigenvalue weighted by molar-refractivity contribution is 7.12. The summed E-state index contributed by atoms with van der Waals surface area (Å²) in [5.74, 6) is 0.627. The van der Waals surface area contributed by atoms with Gasteiger partial charge in [-0.15, -0.1) is 11.3 Å². The van der Waals surface area contributed by atoms with E-state index in [2.05, 4.69) is 69.5 Å². The van der Waals surface area contributed by atoms with Crippen LogP contribution >= 0.6 is 11.3 Å². The van der Waals surface area contributed by atoms with Crippen LogP contribution in [0.3, 0.4) is 0 Å². The molecule has 0 saturated carbocycles. The zero-order chi connectivity index (χ0) is 14.3. The molecule has 0 radical (unpaired) electrons. The molecular weight excluding hydrogens is 262 g/mol. The molecule has 1 nitrogen and oxygen atoms in total. The van der Waals surface area contributed by atoms with Gasteiger partial charge in [-0.2, -0.15) is 0 Å². The third-order valence-electron chi connectivity index (χ3n) is 4.28. The van der Waals surface area contributed by atoms with Crippen LogP contribution in [0.2, 0.25) is 0 Å². The van der Waals surface area contributed by atoms with E-state index in [0.717, 1.165) is 0 Å². The third kappa shape index (κ3) is 2.32. The smallest absolute Gasteiger partial charge is 0.0485 e. The molecule has 0 saturated heterocycles. The maximum atomic E-state index is 3.54. The highest BCUT2D eigenvalue weighted by atomic mass is 32.1. The van der Waals surface area contributed by atoms with Gasteiger partial charge < -0.3 is 5.32 Å². The van der Waals surface area contributed by atoms with Crippen LogP contribution in [0.4, 0.5) is 0 Å². The number of hydrogen-bond donors (Lipinski definition) is 1. The number of thiophene rings is 1. The monoisotopic (exact) mass is 285 g/mol. The molecule has 1 aromatic carbocycles. The molecule has 3 rings (SSSR count). The summed E-state index contributed by atoms with van der Waals surface area (Å²) in [7, 11) is 2.09. The van der Waals surface area contributed by atoms with Gasteiger partial charge in [-0.1, -0.05) is 45.0 Å². The molecule has 106 valence electrons. The van der Waals surface area contributed by atoms with Gasteiger partial charge in [-0.25, -0.2) is 0 Å². The largest absolute Gasteiger partial charge is 0.312 e. The molecule has 0 fully saturated rings. The van der Waals surface area contributed by atoms with Gasteiger partial charge in [0.05, 0.1) is 0 Å². The predicted octanol–water partition coefficient (Wildman–Crippen LogP) is 4.65. The summed E-state index contributed by atoms with van der Waals surface area (Å²) in [6.07, 6.45) is 1.20. The van der Waals surface area contributed by atoms with Gasteiger partial charge in [0.1, 0.15) is 0 Å². The average Bonchev–Trinajstić information content (AvgIpc) is 2.85. The van der Waals surface area contributed by atoms with Crippen molar-refractivity contribution in [3.8, 4) is 0 Å². The van der Waals surface area contributed by atoms with Crippen LogP contribution in [0, 0.1) is 0 Å². The van der Waals surface area contributed by atoms with Gasteiger partial charge >= 0.3 is 0 Å². The van der Waals surface area contributed by atoms with E-state index in [4.69, 9.17) is 0 Å². The topological polar surface area (TPSA) is 12.0 Å². The molecule has 2 atom stereocenters. The highest BCUT2D eigenvalue weighted by Crippen LogP contribution is 2.45. The van der Waals surface area contributed by atoms with Crippen LogP contribution in [0.1, 0.15) is 53.6 Å². The number of fused-ring (bicyclic) bond motifs is 1. The third-order valence-corrected chi connectivity index (χ3v) is 5.87. The summed E-state index contributed by atoms with van der Waals surface area (Å²) in [6.45, 7) is 6.86. The van der Waals surface area contributed by atoms with E-state index in [9.17, 15) is 0 Å². The molecule has 0 aliphatic heterocycles. The predicted molar refractivity (Wildman–Crippen MR) is 87.7 cm³/mol. The molecule has 0 bridgehead atoms. The van der Waals surface area contributed by atoms with Crippen molar-refractivity contribution in [2.75, 3.05) is 7.05 Å². The Bertz CT molecular complexity index is 606. The highest BCUT2D eigenvalue weighted by Gasteiger charge is 2.33. The van der Waals surface area contributed by atoms with E-state index in [1.807, 2.05) is 11.3 Å². The fourth-order valence-electron chi connectivity index (χ4n) is 3.06. The lowest BCUT2D eigenvalue weighted by Crippen LogP contribution is -2.30. The molecule has 2 heteroatoms. The van der Waals surface area contributed by atoms with Gasteiger partial charge in [-0.05, 0) is 42.1 Å². The summed E-state index contributed by atoms with van der Waals surface area (Å²) in [5, 5.41) is 3.54. The Morgan fingerprint density at radius 3 is 2.50 bits per heavy atom. The number of hydrogen-bond acceptors (Lipinski definition) is 2. The van der Waals surface area contributed by atoms with Crippen molar-refractivity contribution in [1.82, 2.24) is 5.32 Å². The maximum Gasteiger partial charge on any atom is 0.0485 e. The summed E-state index contributed by atoms with van der Waals surface area (Å²) in [5.41, 5.74) is 3.29. The first-order valence-electron chi connectivity index (χ1n) is 7.36. The Kier molecular flexibility index (Phi) is 3.47. The first-order chi connectivity index (χ1) is 9.50. The molecule has 1 aliphatic rings. The number of likely N-dealkylation sites (N-methyl/N-ethyl adjacent to an activating group) is 1. The van der Waals surface area contributed by atoms with E-state index in [1.165, 1.54) is 27.3 Å². The zero-order valence-electron chi connectivity index (χ0n) is 12.7. The van der Waals surface area contributed by atoms with Crippen LogP contribution in [0.5, 0.6) is 0 Å². The van der Waals surface area contributed by atoms with E-state index in [1.54, 1.807) is 0 Å². The molecule has 2 unspecified atom stereocenters. The van der Waals surface area contributed by atoms with Crippen molar-refractivity contribution in [3.63, 3.8) is 0 Å². The second-order valence-corrected chi connectivity index (χ2v) is 7.84. The van der Waals surface area contributed by atoms with Crippen molar-refractivity contribution in [1.29, 1.82) is 0 Å². The van der Waals surface area contributed by atoms with E-state index in [0.29, 0.717) is 12.0 Å². The Morgan fingerprint density at radius 1 is 1.15 bits per heavy atom. The molecule has 20 heavy (non-hydrogen) atoms. The molecule has 0 spiro atoms. The lowest BCUT2D eigenvalue weighted by atomic mass is 9.73. The van der Waals surface area contributed by atoms with Gasteiger partial charge in [0.15, 0.2) is 0 Å². The Labute approximate surface area is 126 Å². The molecule has 1 heterocycles. The minimum Gasteiger partial charge on any atom is -0.312 e. The molecule has 0 amide bonds. The van der Waals surface area contributed by atoms with Gasteiger partial charge in [0.25, 0.3) is 0 Å². The van der Waals surface area contributed by atoms with Crippen molar-refractivity contribution in [2.45, 2.75) is 44.6 Å². The minimum absolute atomic E-state index is 0.249. The maximum absolute atomic E-state index is 3.54. The van der Waals surface area contributed by atoms with Crippen LogP contribution in [0.25, 0.3) is 0 Å². The average molecular weight is 285 g/mol. The molecule has 1 aromatic heterocycles. The van der Waals surface area contributed by atoms with Crippen molar-refractivity contribution in [3.05, 3.63) is 57.3 Å². The molecule has 1 aliphatic carbocycles. The van der Waals surface area contributed by atoms with Crippen LogP contribution in [0.15, 0.2) is 36.4 Å². The molecule has 2 aromatic rings. The van der Waals surface area contributed by atoms with Gasteiger partial charge in [0, 0.05) is 21.7 Å². The lowest BCUT2D eigenvalue weighted by molar-refractivity contribution is 0.444. The van der Waals surface area contributed by atoms with Crippen molar-refractivity contribution < 1.29 is 0 Å². The summed E-state index contributed by atoms with van der Waals surface area (Å²) < 4.78 is 0. The molecule has 1 N–H and O–H groups in total. The lowest BCUT2D eigenvalue weighted by Gasteiger charge is -2.36.